The van der Waals surface area contributed by atoms with Crippen LogP contribution in [0.4, 0.5) is 5.82 Å². The molecular weight excluding hydrogens is 428 g/mol. The van der Waals surface area contributed by atoms with E-state index in [9.17, 15) is 13.2 Å². The third kappa shape index (κ3) is 4.57. The zero-order chi connectivity index (χ0) is 22.9. The molecular formula is C22H26N6O3S. The highest BCUT2D eigenvalue weighted by Gasteiger charge is 2.23. The van der Waals surface area contributed by atoms with Gasteiger partial charge in [-0.1, -0.05) is 0 Å². The van der Waals surface area contributed by atoms with Gasteiger partial charge in [0.25, 0.3) is 0 Å². The molecule has 0 saturated carbocycles. The number of ketones is 1. The second-order valence-electron chi connectivity index (χ2n) is 7.91. The Labute approximate surface area is 187 Å². The predicted octanol–water partition coefficient (Wildman–Crippen LogP) is 1.54. The van der Waals surface area contributed by atoms with E-state index in [2.05, 4.69) is 19.8 Å². The summed E-state index contributed by atoms with van der Waals surface area (Å²) in [7, 11) is -3.75. The van der Waals surface area contributed by atoms with Crippen LogP contribution < -0.4 is 10.0 Å². The SMILES string of the molecule is Cc1cc(C(=O)CN2CCN(c3cnccn3)CC2)c(C)n1-c1ccc(S(N)(=O)=O)cc1. The topological polar surface area (TPSA) is 114 Å². The molecule has 0 radical (unpaired) electrons. The molecule has 0 aliphatic carbocycles. The van der Waals surface area contributed by atoms with E-state index in [0.717, 1.165) is 49.1 Å². The van der Waals surface area contributed by atoms with Crippen molar-refractivity contribution in [2.45, 2.75) is 18.7 Å². The van der Waals surface area contributed by atoms with Crippen LogP contribution in [0.5, 0.6) is 0 Å². The van der Waals surface area contributed by atoms with Crippen molar-refractivity contribution in [3.05, 3.63) is 65.9 Å². The quantitative estimate of drug-likeness (QED) is 0.562. The van der Waals surface area contributed by atoms with Crippen LogP contribution in [0, 0.1) is 13.8 Å². The summed E-state index contributed by atoms with van der Waals surface area (Å²) in [5, 5.41) is 5.19. The Morgan fingerprint density at radius 1 is 1.06 bits per heavy atom. The standard InChI is InChI=1S/C22H26N6O3S/c1-16-13-20(17(2)28(16)18-3-5-19(6-4-18)32(23,30)31)21(29)15-26-9-11-27(12-10-26)22-14-24-7-8-25-22/h3-8,13-14H,9-12,15H2,1-2H3,(H2,23,30,31). The van der Waals surface area contributed by atoms with Crippen molar-refractivity contribution in [1.29, 1.82) is 0 Å². The van der Waals surface area contributed by atoms with Crippen molar-refractivity contribution < 1.29 is 13.2 Å². The fourth-order valence-corrected chi connectivity index (χ4v) is 4.62. The molecule has 1 saturated heterocycles. The molecule has 0 spiro atoms. The van der Waals surface area contributed by atoms with E-state index in [-0.39, 0.29) is 10.7 Å². The van der Waals surface area contributed by atoms with Gasteiger partial charge in [-0.15, -0.1) is 0 Å². The summed E-state index contributed by atoms with van der Waals surface area (Å²) in [4.78, 5) is 25.9. The number of rotatable bonds is 6. The summed E-state index contributed by atoms with van der Waals surface area (Å²) in [5.41, 5.74) is 3.19. The van der Waals surface area contributed by atoms with Gasteiger partial charge in [0.05, 0.1) is 17.6 Å². The van der Waals surface area contributed by atoms with Crippen molar-refractivity contribution in [2.75, 3.05) is 37.6 Å². The minimum Gasteiger partial charge on any atom is -0.353 e. The van der Waals surface area contributed by atoms with E-state index in [0.29, 0.717) is 12.1 Å². The summed E-state index contributed by atoms with van der Waals surface area (Å²) in [6.07, 6.45) is 5.10. The van der Waals surface area contributed by atoms with E-state index >= 15 is 0 Å². The van der Waals surface area contributed by atoms with Gasteiger partial charge in [0, 0.05) is 61.2 Å². The molecule has 2 aromatic heterocycles. The summed E-state index contributed by atoms with van der Waals surface area (Å²) in [5.74, 6) is 0.925. The molecule has 0 atom stereocenters. The largest absolute Gasteiger partial charge is 0.353 e. The Hall–Kier alpha value is -3.08. The lowest BCUT2D eigenvalue weighted by Gasteiger charge is -2.34. The van der Waals surface area contributed by atoms with Gasteiger partial charge in [-0.05, 0) is 44.2 Å². The number of nitrogens with two attached hydrogens (primary N) is 1. The normalized spacial score (nSPS) is 15.2. The van der Waals surface area contributed by atoms with Gasteiger partial charge in [-0.25, -0.2) is 18.5 Å². The van der Waals surface area contributed by atoms with Crippen molar-refractivity contribution in [1.82, 2.24) is 19.4 Å². The molecule has 0 amide bonds. The Balaban J connectivity index is 1.45. The van der Waals surface area contributed by atoms with Gasteiger partial charge in [-0.3, -0.25) is 14.7 Å². The summed E-state index contributed by atoms with van der Waals surface area (Å²) < 4.78 is 25.0. The fraction of sp³-hybridized carbons (Fsp3) is 0.318. The number of aromatic nitrogens is 3. The molecule has 9 nitrogen and oxygen atoms in total. The number of aryl methyl sites for hydroxylation is 1. The van der Waals surface area contributed by atoms with Crippen LogP contribution in [0.3, 0.4) is 0 Å². The fourth-order valence-electron chi connectivity index (χ4n) is 4.11. The highest BCUT2D eigenvalue weighted by Crippen LogP contribution is 2.23. The van der Waals surface area contributed by atoms with E-state index in [1.165, 1.54) is 12.1 Å². The Kier molecular flexibility index (Phi) is 6.09. The maximum absolute atomic E-state index is 13.1. The number of piperazine rings is 1. The second-order valence-corrected chi connectivity index (χ2v) is 9.47. The predicted molar refractivity (Wildman–Crippen MR) is 122 cm³/mol. The van der Waals surface area contributed by atoms with E-state index in [4.69, 9.17) is 5.14 Å². The Morgan fingerprint density at radius 2 is 1.75 bits per heavy atom. The summed E-state index contributed by atoms with van der Waals surface area (Å²) in [6.45, 7) is 7.31. The number of sulfonamides is 1. The molecule has 1 aliphatic rings. The van der Waals surface area contributed by atoms with Crippen LogP contribution in [-0.4, -0.2) is 66.4 Å². The molecule has 0 unspecified atom stereocenters. The molecule has 32 heavy (non-hydrogen) atoms. The van der Waals surface area contributed by atoms with Gasteiger partial charge in [0.1, 0.15) is 5.82 Å². The zero-order valence-corrected chi connectivity index (χ0v) is 18.9. The molecule has 1 aliphatic heterocycles. The number of anilines is 1. The average molecular weight is 455 g/mol. The number of nitrogens with zero attached hydrogens (tertiary/aromatic N) is 5. The van der Waals surface area contributed by atoms with Crippen LogP contribution in [0.1, 0.15) is 21.7 Å². The maximum atomic E-state index is 13.1. The van der Waals surface area contributed by atoms with Crippen LogP contribution in [0.15, 0.2) is 53.8 Å². The third-order valence-electron chi connectivity index (χ3n) is 5.77. The highest BCUT2D eigenvalue weighted by molar-refractivity contribution is 7.89. The van der Waals surface area contributed by atoms with Crippen molar-refractivity contribution in [3.63, 3.8) is 0 Å². The molecule has 2 N–H and O–H groups in total. The molecule has 1 aromatic carbocycles. The Bertz CT molecular complexity index is 1210. The van der Waals surface area contributed by atoms with Crippen LogP contribution in [0.25, 0.3) is 5.69 Å². The first-order valence-electron chi connectivity index (χ1n) is 10.3. The monoisotopic (exact) mass is 454 g/mol. The molecule has 1 fully saturated rings. The van der Waals surface area contributed by atoms with Crippen LogP contribution in [0.2, 0.25) is 0 Å². The Morgan fingerprint density at radius 3 is 2.34 bits per heavy atom. The number of primary sulfonamides is 1. The molecule has 3 aromatic rings. The van der Waals surface area contributed by atoms with E-state index < -0.39 is 10.0 Å². The van der Waals surface area contributed by atoms with Crippen LogP contribution in [-0.2, 0) is 10.0 Å². The first-order valence-corrected chi connectivity index (χ1v) is 11.9. The lowest BCUT2D eigenvalue weighted by molar-refractivity contribution is 0.0925. The number of benzene rings is 1. The average Bonchev–Trinajstić information content (AvgIpc) is 3.08. The maximum Gasteiger partial charge on any atom is 0.238 e. The number of hydrogen-bond acceptors (Lipinski definition) is 7. The number of carbonyl (C=O) groups is 1. The minimum atomic E-state index is -3.75. The minimum absolute atomic E-state index is 0.0561. The van der Waals surface area contributed by atoms with Gasteiger partial charge in [0.2, 0.25) is 10.0 Å². The van der Waals surface area contributed by atoms with Gasteiger partial charge < -0.3 is 9.47 Å². The zero-order valence-electron chi connectivity index (χ0n) is 18.1. The van der Waals surface area contributed by atoms with E-state index in [1.807, 2.05) is 24.5 Å². The van der Waals surface area contributed by atoms with Gasteiger partial charge >= 0.3 is 0 Å². The summed E-state index contributed by atoms with van der Waals surface area (Å²) in [6, 6.07) is 8.23. The smallest absolute Gasteiger partial charge is 0.238 e. The lowest BCUT2D eigenvalue weighted by atomic mass is 10.1. The first-order chi connectivity index (χ1) is 15.2. The highest BCUT2D eigenvalue weighted by atomic mass is 32.2. The number of Topliss-reactive ketones (excluding diaryl/α,β-unsaturated/α-hetero) is 1. The first kappa shape index (κ1) is 22.1. The van der Waals surface area contributed by atoms with E-state index in [1.54, 1.807) is 30.7 Å². The molecule has 10 heteroatoms. The molecule has 168 valence electrons. The second kappa shape index (κ2) is 8.81. The molecule has 3 heterocycles. The van der Waals surface area contributed by atoms with Gasteiger partial charge in [0.15, 0.2) is 5.78 Å². The van der Waals surface area contributed by atoms with Crippen molar-refractivity contribution >= 4 is 21.6 Å². The van der Waals surface area contributed by atoms with Gasteiger partial charge in [-0.2, -0.15) is 0 Å². The van der Waals surface area contributed by atoms with Crippen molar-refractivity contribution in [3.8, 4) is 5.69 Å². The van der Waals surface area contributed by atoms with Crippen LogP contribution >= 0.6 is 0 Å². The number of hydrogen-bond donors (Lipinski definition) is 1. The third-order valence-corrected chi connectivity index (χ3v) is 6.70. The molecule has 0 bridgehead atoms. The van der Waals surface area contributed by atoms with Crippen molar-refractivity contribution in [2.24, 2.45) is 5.14 Å². The molecule has 4 rings (SSSR count). The summed E-state index contributed by atoms with van der Waals surface area (Å²) >= 11 is 0. The number of carbonyl (C=O) groups excluding carboxylic acids is 1. The lowest BCUT2D eigenvalue weighted by Crippen LogP contribution is -2.48.